The molecule has 0 unspecified atom stereocenters. The van der Waals surface area contributed by atoms with Gasteiger partial charge in [0.15, 0.2) is 0 Å². The van der Waals surface area contributed by atoms with Crippen molar-refractivity contribution in [1.82, 2.24) is 35.2 Å². The third-order valence-corrected chi connectivity index (χ3v) is 5.02. The fourth-order valence-corrected chi connectivity index (χ4v) is 3.27. The zero-order chi connectivity index (χ0) is 19.6. The third kappa shape index (κ3) is 4.08. The Balaban J connectivity index is 1.70. The zero-order valence-corrected chi connectivity index (χ0v) is 16.7. The Morgan fingerprint density at radius 1 is 1.33 bits per heavy atom. The first-order chi connectivity index (χ1) is 12.9. The Morgan fingerprint density at radius 3 is 2.81 bits per heavy atom. The van der Waals surface area contributed by atoms with Crippen LogP contribution in [-0.2, 0) is 13.1 Å². The molecule has 1 saturated heterocycles. The van der Waals surface area contributed by atoms with Gasteiger partial charge >= 0.3 is 0 Å². The molecule has 3 rings (SSSR count). The molecule has 1 amide bonds. The van der Waals surface area contributed by atoms with E-state index in [4.69, 9.17) is 0 Å². The Labute approximate surface area is 159 Å². The molecule has 0 saturated carbocycles. The van der Waals surface area contributed by atoms with Crippen LogP contribution in [-0.4, -0.2) is 69.0 Å². The fraction of sp³-hybridized carbons (Fsp3) is 0.611. The average molecular weight is 372 g/mol. The number of nitrogens with zero attached hydrogens (tertiary/aromatic N) is 7. The van der Waals surface area contributed by atoms with Crippen LogP contribution in [0.2, 0.25) is 0 Å². The van der Waals surface area contributed by atoms with Gasteiger partial charge in [-0.1, -0.05) is 5.21 Å². The molecule has 0 bridgehead atoms. The van der Waals surface area contributed by atoms with Crippen molar-refractivity contribution < 1.29 is 4.79 Å². The van der Waals surface area contributed by atoms with Crippen molar-refractivity contribution in [3.05, 3.63) is 29.0 Å². The van der Waals surface area contributed by atoms with Gasteiger partial charge in [0.2, 0.25) is 5.82 Å². The van der Waals surface area contributed by atoms with Gasteiger partial charge in [0.25, 0.3) is 5.91 Å². The molecule has 0 aromatic carbocycles. The van der Waals surface area contributed by atoms with Gasteiger partial charge in [-0.3, -0.25) is 4.79 Å². The molecule has 146 valence electrons. The van der Waals surface area contributed by atoms with E-state index in [0.717, 1.165) is 55.4 Å². The van der Waals surface area contributed by atoms with Crippen LogP contribution in [0.5, 0.6) is 0 Å². The second-order valence-electron chi connectivity index (χ2n) is 7.13. The molecule has 0 spiro atoms. The largest absolute Gasteiger partial charge is 0.355 e. The van der Waals surface area contributed by atoms with E-state index in [-0.39, 0.29) is 11.7 Å². The Bertz CT molecular complexity index is 816. The smallest absolute Gasteiger partial charge is 0.291 e. The highest BCUT2D eigenvalue weighted by Gasteiger charge is 2.26. The molecule has 0 radical (unpaired) electrons. The zero-order valence-electron chi connectivity index (χ0n) is 16.7. The van der Waals surface area contributed by atoms with Crippen molar-refractivity contribution in [2.45, 2.75) is 46.3 Å². The highest BCUT2D eigenvalue weighted by atomic mass is 16.2. The van der Waals surface area contributed by atoms with Crippen LogP contribution in [0, 0.1) is 13.8 Å². The molecular formula is C18H28N8O. The van der Waals surface area contributed by atoms with E-state index >= 15 is 0 Å². The standard InChI is InChI=1S/C18H28N8O/c1-6-26-15(10-20-23-26)9-19-14-7-8-25(11-14)17-12(2)13(3)21-16(22-17)18(27)24(4)5/h10,14,19H,6-9,11H2,1-5H3/t14-/m1/s1. The maximum absolute atomic E-state index is 12.3. The summed E-state index contributed by atoms with van der Waals surface area (Å²) in [7, 11) is 3.43. The summed E-state index contributed by atoms with van der Waals surface area (Å²) >= 11 is 0. The minimum Gasteiger partial charge on any atom is -0.355 e. The maximum atomic E-state index is 12.3. The molecule has 9 nitrogen and oxygen atoms in total. The Hall–Kier alpha value is -2.55. The highest BCUT2D eigenvalue weighted by molar-refractivity contribution is 5.90. The van der Waals surface area contributed by atoms with E-state index in [1.165, 1.54) is 4.90 Å². The van der Waals surface area contributed by atoms with Gasteiger partial charge < -0.3 is 15.1 Å². The summed E-state index contributed by atoms with van der Waals surface area (Å²) in [5, 5.41) is 11.6. The predicted molar refractivity (Wildman–Crippen MR) is 103 cm³/mol. The van der Waals surface area contributed by atoms with Gasteiger partial charge in [0, 0.05) is 57.6 Å². The molecule has 1 aliphatic heterocycles. The fourth-order valence-electron chi connectivity index (χ4n) is 3.27. The summed E-state index contributed by atoms with van der Waals surface area (Å²) in [4.78, 5) is 25.0. The van der Waals surface area contributed by atoms with E-state index in [0.29, 0.717) is 6.04 Å². The molecule has 2 aromatic rings. The Morgan fingerprint density at radius 2 is 2.11 bits per heavy atom. The van der Waals surface area contributed by atoms with Crippen molar-refractivity contribution in [1.29, 1.82) is 0 Å². The number of amides is 1. The van der Waals surface area contributed by atoms with Crippen molar-refractivity contribution in [3.63, 3.8) is 0 Å². The molecule has 1 atom stereocenters. The first-order valence-corrected chi connectivity index (χ1v) is 9.33. The van der Waals surface area contributed by atoms with Crippen LogP contribution in [0.4, 0.5) is 5.82 Å². The molecule has 1 aliphatic rings. The lowest BCUT2D eigenvalue weighted by Gasteiger charge is -2.22. The van der Waals surface area contributed by atoms with Gasteiger partial charge in [-0.2, -0.15) is 0 Å². The summed E-state index contributed by atoms with van der Waals surface area (Å²) in [5.74, 6) is 0.943. The van der Waals surface area contributed by atoms with Crippen LogP contribution >= 0.6 is 0 Å². The number of aryl methyl sites for hydroxylation is 2. The van der Waals surface area contributed by atoms with Crippen LogP contribution < -0.4 is 10.2 Å². The van der Waals surface area contributed by atoms with Crippen molar-refractivity contribution in [3.8, 4) is 0 Å². The number of carbonyl (C=O) groups is 1. The monoisotopic (exact) mass is 372 g/mol. The predicted octanol–water partition coefficient (Wildman–Crippen LogP) is 0.775. The normalized spacial score (nSPS) is 16.8. The number of aromatic nitrogens is 5. The van der Waals surface area contributed by atoms with E-state index in [9.17, 15) is 4.79 Å². The van der Waals surface area contributed by atoms with Crippen molar-refractivity contribution in [2.75, 3.05) is 32.1 Å². The number of carbonyl (C=O) groups excluding carboxylic acids is 1. The van der Waals surface area contributed by atoms with E-state index in [1.54, 1.807) is 20.3 Å². The molecular weight excluding hydrogens is 344 g/mol. The highest BCUT2D eigenvalue weighted by Crippen LogP contribution is 2.24. The lowest BCUT2D eigenvalue weighted by Crippen LogP contribution is -2.33. The molecule has 1 fully saturated rings. The lowest BCUT2D eigenvalue weighted by atomic mass is 10.2. The molecule has 27 heavy (non-hydrogen) atoms. The first kappa shape index (κ1) is 19.2. The molecule has 3 heterocycles. The number of hydrogen-bond donors (Lipinski definition) is 1. The third-order valence-electron chi connectivity index (χ3n) is 5.02. The van der Waals surface area contributed by atoms with Crippen LogP contribution in [0.15, 0.2) is 6.20 Å². The summed E-state index contributed by atoms with van der Waals surface area (Å²) < 4.78 is 1.90. The van der Waals surface area contributed by atoms with Crippen LogP contribution in [0.3, 0.4) is 0 Å². The molecule has 1 N–H and O–H groups in total. The van der Waals surface area contributed by atoms with Gasteiger partial charge in [-0.25, -0.2) is 14.6 Å². The summed E-state index contributed by atoms with van der Waals surface area (Å²) in [6, 6.07) is 0.355. The quantitative estimate of drug-likeness (QED) is 0.801. The van der Waals surface area contributed by atoms with E-state index in [2.05, 4.69) is 37.4 Å². The molecule has 9 heteroatoms. The van der Waals surface area contributed by atoms with E-state index < -0.39 is 0 Å². The second kappa shape index (κ2) is 7.99. The Kier molecular flexibility index (Phi) is 5.69. The van der Waals surface area contributed by atoms with Crippen molar-refractivity contribution in [2.24, 2.45) is 0 Å². The minimum absolute atomic E-state index is 0.173. The number of nitrogens with one attached hydrogen (secondary N) is 1. The van der Waals surface area contributed by atoms with Gasteiger partial charge in [0.05, 0.1) is 11.9 Å². The minimum atomic E-state index is -0.173. The SMILES string of the molecule is CCn1nncc1CN[C@@H]1CCN(c2nc(C(=O)N(C)C)nc(C)c2C)C1. The first-order valence-electron chi connectivity index (χ1n) is 9.33. The molecule has 2 aromatic heterocycles. The maximum Gasteiger partial charge on any atom is 0.291 e. The topological polar surface area (TPSA) is 92.1 Å². The van der Waals surface area contributed by atoms with Gasteiger partial charge in [-0.15, -0.1) is 5.10 Å². The number of anilines is 1. The van der Waals surface area contributed by atoms with Gasteiger partial charge in [-0.05, 0) is 27.2 Å². The van der Waals surface area contributed by atoms with E-state index in [1.807, 2.05) is 18.5 Å². The molecule has 0 aliphatic carbocycles. The summed E-state index contributed by atoms with van der Waals surface area (Å²) in [6.07, 6.45) is 2.83. The van der Waals surface area contributed by atoms with Crippen LogP contribution in [0.1, 0.15) is 40.9 Å². The van der Waals surface area contributed by atoms with Crippen molar-refractivity contribution >= 4 is 11.7 Å². The second-order valence-corrected chi connectivity index (χ2v) is 7.13. The summed E-state index contributed by atoms with van der Waals surface area (Å²) in [5.41, 5.74) is 2.96. The van der Waals surface area contributed by atoms with Gasteiger partial charge in [0.1, 0.15) is 5.82 Å². The number of rotatable bonds is 6. The number of hydrogen-bond acceptors (Lipinski definition) is 7. The average Bonchev–Trinajstić information content (AvgIpc) is 3.30. The van der Waals surface area contributed by atoms with Crippen LogP contribution in [0.25, 0.3) is 0 Å². The lowest BCUT2D eigenvalue weighted by molar-refractivity contribution is 0.0815. The summed E-state index contributed by atoms with van der Waals surface area (Å²) in [6.45, 7) is 9.30.